The van der Waals surface area contributed by atoms with Gasteiger partial charge in [-0.2, -0.15) is 0 Å². The van der Waals surface area contributed by atoms with E-state index in [1.165, 1.54) is 10.5 Å². The van der Waals surface area contributed by atoms with Gasteiger partial charge in [0.15, 0.2) is 0 Å². The standard InChI is InChI=1S/C25H33N3O3/c29-21-16-19-8-9-20(21)23-22(19)24(30)28(25(23)31)11-5-4-10-26-12-14-27(15-13-26)17-18-6-2-1-3-7-18/h1-3,6-7,19-20,22-23H,4-5,8-17H2. The summed E-state index contributed by atoms with van der Waals surface area (Å²) in [5.74, 6) is -0.475. The molecule has 0 radical (unpaired) electrons. The minimum absolute atomic E-state index is 0.00623. The lowest BCUT2D eigenvalue weighted by Crippen LogP contribution is -2.46. The number of Topliss-reactive ketones (excluding diaryl/α,β-unsaturated/α-hetero) is 1. The number of benzene rings is 1. The van der Waals surface area contributed by atoms with Gasteiger partial charge in [0.05, 0.1) is 11.8 Å². The summed E-state index contributed by atoms with van der Waals surface area (Å²) in [6.45, 7) is 6.86. The van der Waals surface area contributed by atoms with E-state index in [0.717, 1.165) is 65.0 Å². The van der Waals surface area contributed by atoms with Gasteiger partial charge in [-0.25, -0.2) is 0 Å². The highest BCUT2D eigenvalue weighted by Gasteiger charge is 2.60. The smallest absolute Gasteiger partial charge is 0.233 e. The summed E-state index contributed by atoms with van der Waals surface area (Å²) in [5, 5.41) is 0. The van der Waals surface area contributed by atoms with E-state index in [9.17, 15) is 14.4 Å². The molecule has 2 bridgehead atoms. The third kappa shape index (κ3) is 4.08. The zero-order valence-electron chi connectivity index (χ0n) is 18.2. The van der Waals surface area contributed by atoms with Gasteiger partial charge in [-0.3, -0.25) is 24.2 Å². The van der Waals surface area contributed by atoms with Crippen LogP contribution in [0.25, 0.3) is 0 Å². The number of carbonyl (C=O) groups excluding carboxylic acids is 3. The number of likely N-dealkylation sites (tertiary alicyclic amines) is 1. The number of nitrogens with zero attached hydrogens (tertiary/aromatic N) is 3. The predicted molar refractivity (Wildman–Crippen MR) is 117 cm³/mol. The molecule has 3 saturated carbocycles. The third-order valence-electron chi connectivity index (χ3n) is 7.98. The second-order valence-corrected chi connectivity index (χ2v) is 9.80. The molecule has 5 aliphatic rings. The number of unbranched alkanes of at least 4 members (excludes halogenated alkanes) is 1. The molecule has 1 aromatic carbocycles. The van der Waals surface area contributed by atoms with Crippen LogP contribution in [-0.2, 0) is 20.9 Å². The zero-order valence-corrected chi connectivity index (χ0v) is 18.2. The predicted octanol–water partition coefficient (Wildman–Crippen LogP) is 2.18. The monoisotopic (exact) mass is 423 g/mol. The lowest BCUT2D eigenvalue weighted by molar-refractivity contribution is -0.144. The first kappa shape index (κ1) is 20.8. The lowest BCUT2D eigenvalue weighted by atomic mass is 9.59. The number of rotatable bonds is 7. The molecular formula is C25H33N3O3. The van der Waals surface area contributed by atoms with Crippen molar-refractivity contribution in [2.24, 2.45) is 23.7 Å². The summed E-state index contributed by atoms with van der Waals surface area (Å²) in [6, 6.07) is 10.6. The van der Waals surface area contributed by atoms with E-state index < -0.39 is 0 Å². The average molecular weight is 424 g/mol. The van der Waals surface area contributed by atoms with E-state index in [1.807, 2.05) is 0 Å². The molecule has 2 saturated heterocycles. The van der Waals surface area contributed by atoms with Gasteiger partial charge in [0.2, 0.25) is 11.8 Å². The van der Waals surface area contributed by atoms with Gasteiger partial charge in [0, 0.05) is 51.6 Å². The van der Waals surface area contributed by atoms with Gasteiger partial charge in [-0.05, 0) is 43.7 Å². The summed E-state index contributed by atoms with van der Waals surface area (Å²) in [6.07, 6.45) is 4.09. The van der Waals surface area contributed by atoms with Crippen molar-refractivity contribution in [3.63, 3.8) is 0 Å². The van der Waals surface area contributed by atoms with Crippen molar-refractivity contribution in [2.45, 2.75) is 38.6 Å². The molecule has 0 N–H and O–H groups in total. The van der Waals surface area contributed by atoms with Crippen LogP contribution in [0.5, 0.6) is 0 Å². The van der Waals surface area contributed by atoms with Crippen LogP contribution in [0.1, 0.15) is 37.7 Å². The Kier molecular flexibility index (Phi) is 5.93. The van der Waals surface area contributed by atoms with Crippen molar-refractivity contribution in [1.29, 1.82) is 0 Å². The van der Waals surface area contributed by atoms with E-state index in [4.69, 9.17) is 0 Å². The second-order valence-electron chi connectivity index (χ2n) is 9.80. The summed E-state index contributed by atoms with van der Waals surface area (Å²) >= 11 is 0. The Labute approximate surface area is 184 Å². The highest BCUT2D eigenvalue weighted by Crippen LogP contribution is 2.51. The Morgan fingerprint density at radius 3 is 2.19 bits per heavy atom. The number of imide groups is 1. The maximum atomic E-state index is 12.9. The highest BCUT2D eigenvalue weighted by molar-refractivity contribution is 6.08. The number of amides is 2. The molecule has 2 aliphatic heterocycles. The summed E-state index contributed by atoms with van der Waals surface area (Å²) in [5.41, 5.74) is 1.37. The summed E-state index contributed by atoms with van der Waals surface area (Å²) in [4.78, 5) is 44.5. The largest absolute Gasteiger partial charge is 0.301 e. The minimum Gasteiger partial charge on any atom is -0.301 e. The quantitative estimate of drug-likeness (QED) is 0.497. The molecule has 2 amide bonds. The van der Waals surface area contributed by atoms with E-state index in [-0.39, 0.29) is 41.3 Å². The maximum absolute atomic E-state index is 12.9. The fourth-order valence-electron chi connectivity index (χ4n) is 6.28. The van der Waals surface area contributed by atoms with Gasteiger partial charge >= 0.3 is 0 Å². The van der Waals surface area contributed by atoms with E-state index in [2.05, 4.69) is 40.1 Å². The molecule has 4 atom stereocenters. The molecule has 166 valence electrons. The van der Waals surface area contributed by atoms with Crippen molar-refractivity contribution in [3.8, 4) is 0 Å². The normalized spacial score (nSPS) is 31.5. The number of carbonyl (C=O) groups is 3. The van der Waals surface area contributed by atoms with Gasteiger partial charge in [0.25, 0.3) is 0 Å². The third-order valence-corrected chi connectivity index (χ3v) is 7.98. The topological polar surface area (TPSA) is 60.9 Å². The molecule has 6 nitrogen and oxygen atoms in total. The van der Waals surface area contributed by atoms with Crippen LogP contribution in [-0.4, -0.2) is 71.6 Å². The van der Waals surface area contributed by atoms with Gasteiger partial charge in [-0.15, -0.1) is 0 Å². The van der Waals surface area contributed by atoms with Crippen LogP contribution in [0.15, 0.2) is 30.3 Å². The van der Waals surface area contributed by atoms with E-state index in [0.29, 0.717) is 13.0 Å². The number of piperazine rings is 1. The molecule has 6 rings (SSSR count). The Hall–Kier alpha value is -2.05. The summed E-state index contributed by atoms with van der Waals surface area (Å²) in [7, 11) is 0. The molecule has 4 unspecified atom stereocenters. The summed E-state index contributed by atoms with van der Waals surface area (Å²) < 4.78 is 0. The highest BCUT2D eigenvalue weighted by atomic mass is 16.2. The Morgan fingerprint density at radius 2 is 1.45 bits per heavy atom. The number of fused-ring (bicyclic) bond motifs is 2. The van der Waals surface area contributed by atoms with E-state index >= 15 is 0 Å². The van der Waals surface area contributed by atoms with Crippen molar-refractivity contribution >= 4 is 17.6 Å². The average Bonchev–Trinajstić information content (AvgIpc) is 3.05. The molecule has 6 heteroatoms. The molecule has 0 spiro atoms. The van der Waals surface area contributed by atoms with Crippen molar-refractivity contribution in [1.82, 2.24) is 14.7 Å². The van der Waals surface area contributed by atoms with Crippen LogP contribution < -0.4 is 0 Å². The van der Waals surface area contributed by atoms with Gasteiger partial charge in [-0.1, -0.05) is 30.3 Å². The molecule has 2 heterocycles. The van der Waals surface area contributed by atoms with Crippen molar-refractivity contribution in [2.75, 3.05) is 39.3 Å². The Morgan fingerprint density at radius 1 is 0.774 bits per heavy atom. The fraction of sp³-hybridized carbons (Fsp3) is 0.640. The second kappa shape index (κ2) is 8.83. The number of ketones is 1. The molecule has 31 heavy (non-hydrogen) atoms. The van der Waals surface area contributed by atoms with E-state index in [1.54, 1.807) is 0 Å². The molecular weight excluding hydrogens is 390 g/mol. The van der Waals surface area contributed by atoms with Crippen LogP contribution in [0.3, 0.4) is 0 Å². The molecule has 0 aromatic heterocycles. The Bertz CT molecular complexity index is 834. The molecule has 3 aliphatic carbocycles. The van der Waals surface area contributed by atoms with Crippen molar-refractivity contribution < 1.29 is 14.4 Å². The Balaban J connectivity index is 1.05. The van der Waals surface area contributed by atoms with Crippen LogP contribution in [0, 0.1) is 23.7 Å². The first-order valence-corrected chi connectivity index (χ1v) is 12.0. The van der Waals surface area contributed by atoms with Crippen molar-refractivity contribution in [3.05, 3.63) is 35.9 Å². The number of hydrogen-bond donors (Lipinski definition) is 0. The van der Waals surface area contributed by atoms with Gasteiger partial charge < -0.3 is 4.90 Å². The van der Waals surface area contributed by atoms with Gasteiger partial charge in [0.1, 0.15) is 5.78 Å². The zero-order chi connectivity index (χ0) is 21.4. The first-order chi connectivity index (χ1) is 15.1. The van der Waals surface area contributed by atoms with Crippen LogP contribution in [0.2, 0.25) is 0 Å². The van der Waals surface area contributed by atoms with Crippen LogP contribution in [0.4, 0.5) is 0 Å². The number of hydrogen-bond acceptors (Lipinski definition) is 5. The maximum Gasteiger partial charge on any atom is 0.233 e. The van der Waals surface area contributed by atoms with Crippen LogP contribution >= 0.6 is 0 Å². The lowest BCUT2D eigenvalue weighted by Gasteiger charge is -2.41. The molecule has 5 fully saturated rings. The fourth-order valence-corrected chi connectivity index (χ4v) is 6.28. The minimum atomic E-state index is -0.342. The molecule has 1 aromatic rings. The SMILES string of the molecule is O=C1CC2CCC1C1C(=O)N(CCCCN3CCN(Cc4ccccc4)CC3)C(=O)C21. The first-order valence-electron chi connectivity index (χ1n) is 12.0.